The van der Waals surface area contributed by atoms with Crippen molar-refractivity contribution in [3.63, 3.8) is 0 Å². The molecular formula is C4H12NO3V. The summed E-state index contributed by atoms with van der Waals surface area (Å²) in [6, 6.07) is 0. The molecule has 0 aliphatic heterocycles. The van der Waals surface area contributed by atoms with Gasteiger partial charge in [-0.05, 0) is 0 Å². The molecule has 0 heterocycles. The monoisotopic (exact) mass is 173 g/mol. The fourth-order valence-corrected chi connectivity index (χ4v) is 0.718. The van der Waals surface area contributed by atoms with Crippen molar-refractivity contribution in [2.75, 3.05) is 6.61 Å². The van der Waals surface area contributed by atoms with Gasteiger partial charge in [-0.1, -0.05) is 0 Å². The Morgan fingerprint density at radius 1 is 1.44 bits per heavy atom. The SMILES string of the molecule is CCCC[O][V](=[O])=[O].N. The third-order valence-corrected chi connectivity index (χ3v) is 1.31. The van der Waals surface area contributed by atoms with E-state index < -0.39 is 15.4 Å². The Kier molecular flexibility index (Phi) is 10.7. The Morgan fingerprint density at radius 3 is 2.33 bits per heavy atom. The molecule has 56 valence electrons. The predicted molar refractivity (Wildman–Crippen MR) is 27.3 cm³/mol. The van der Waals surface area contributed by atoms with Gasteiger partial charge in [-0.3, -0.25) is 0 Å². The van der Waals surface area contributed by atoms with Gasteiger partial charge in [0.1, 0.15) is 0 Å². The maximum absolute atomic E-state index is 9.77. The molecular weight excluding hydrogens is 161 g/mol. The third kappa shape index (κ3) is 11.6. The van der Waals surface area contributed by atoms with Crippen LogP contribution in [-0.2, 0) is 26.4 Å². The normalized spacial score (nSPS) is 8.11. The van der Waals surface area contributed by atoms with E-state index in [0.717, 1.165) is 12.8 Å². The second-order valence-corrected chi connectivity index (χ2v) is 2.51. The van der Waals surface area contributed by atoms with Crippen LogP contribution in [0.25, 0.3) is 0 Å². The molecule has 0 fully saturated rings. The van der Waals surface area contributed by atoms with Crippen LogP contribution in [0.5, 0.6) is 0 Å². The maximum Gasteiger partial charge on any atom is -0.344 e. The Morgan fingerprint density at radius 2 is 2.00 bits per heavy atom. The summed E-state index contributed by atoms with van der Waals surface area (Å²) in [5, 5.41) is 0. The summed E-state index contributed by atoms with van der Waals surface area (Å²) < 4.78 is 23.9. The molecule has 0 bridgehead atoms. The quantitative estimate of drug-likeness (QED) is 0.647. The van der Waals surface area contributed by atoms with Gasteiger partial charge < -0.3 is 6.15 Å². The van der Waals surface area contributed by atoms with Crippen LogP contribution < -0.4 is 6.15 Å². The standard InChI is InChI=1S/C4H9O.H3N.2O.V/c1-2-3-4-5;;;;/h2-4H2,1H3;1H3;;;/q-1;;;;+1. The van der Waals surface area contributed by atoms with Crippen LogP contribution in [0.15, 0.2) is 0 Å². The summed E-state index contributed by atoms with van der Waals surface area (Å²) in [5.74, 6) is 0. The first kappa shape index (κ1) is 11.8. The summed E-state index contributed by atoms with van der Waals surface area (Å²) in [6.07, 6.45) is 1.80. The molecule has 0 aromatic carbocycles. The Hall–Kier alpha value is 0.104. The van der Waals surface area contributed by atoms with E-state index in [2.05, 4.69) is 3.66 Å². The molecule has 0 aliphatic rings. The fraction of sp³-hybridized carbons (Fsp3) is 1.00. The van der Waals surface area contributed by atoms with E-state index in [4.69, 9.17) is 0 Å². The zero-order chi connectivity index (χ0) is 6.41. The second-order valence-electron chi connectivity index (χ2n) is 1.41. The number of hydrogen-bond acceptors (Lipinski definition) is 4. The Balaban J connectivity index is 0. The van der Waals surface area contributed by atoms with Gasteiger partial charge in [-0.25, -0.2) is 0 Å². The van der Waals surface area contributed by atoms with E-state index in [9.17, 15) is 7.35 Å². The minimum absolute atomic E-state index is 0. The Bertz CT molecular complexity index is 104. The largest absolute Gasteiger partial charge is 0.344 e. The second kappa shape index (κ2) is 8.10. The van der Waals surface area contributed by atoms with Crippen molar-refractivity contribution >= 4 is 0 Å². The number of unbranched alkanes of at least 4 members (excludes halogenated alkanes) is 1. The van der Waals surface area contributed by atoms with E-state index in [0.29, 0.717) is 6.61 Å². The van der Waals surface area contributed by atoms with E-state index >= 15 is 0 Å². The molecule has 4 nitrogen and oxygen atoms in total. The van der Waals surface area contributed by atoms with Crippen molar-refractivity contribution in [2.24, 2.45) is 0 Å². The molecule has 0 radical (unpaired) electrons. The zero-order valence-electron chi connectivity index (χ0n) is 5.50. The molecule has 0 atom stereocenters. The van der Waals surface area contributed by atoms with E-state index in [1.807, 2.05) is 6.92 Å². The zero-order valence-corrected chi connectivity index (χ0v) is 6.90. The molecule has 0 amide bonds. The minimum atomic E-state index is -3.26. The van der Waals surface area contributed by atoms with Crippen LogP contribution >= 0.6 is 0 Å². The average molecular weight is 173 g/mol. The molecule has 0 saturated heterocycles. The molecule has 3 N–H and O–H groups in total. The number of hydrogen-bond donors (Lipinski definition) is 1. The van der Waals surface area contributed by atoms with Crippen LogP contribution in [0, 0.1) is 0 Å². The summed E-state index contributed by atoms with van der Waals surface area (Å²) in [4.78, 5) is 0. The van der Waals surface area contributed by atoms with Crippen LogP contribution in [0.1, 0.15) is 19.8 Å². The van der Waals surface area contributed by atoms with Gasteiger partial charge in [0.05, 0.1) is 0 Å². The molecule has 0 aromatic heterocycles. The van der Waals surface area contributed by atoms with Crippen molar-refractivity contribution in [1.29, 1.82) is 0 Å². The van der Waals surface area contributed by atoms with Gasteiger partial charge in [0.15, 0.2) is 0 Å². The molecule has 5 heteroatoms. The topological polar surface area (TPSA) is 78.4 Å². The Labute approximate surface area is 59.5 Å². The maximum atomic E-state index is 9.77. The van der Waals surface area contributed by atoms with Crippen molar-refractivity contribution in [3.8, 4) is 0 Å². The van der Waals surface area contributed by atoms with Crippen LogP contribution in [0.3, 0.4) is 0 Å². The van der Waals surface area contributed by atoms with Crippen LogP contribution in [0.2, 0.25) is 0 Å². The summed E-state index contributed by atoms with van der Waals surface area (Å²) in [5.41, 5.74) is 0. The third-order valence-electron chi connectivity index (χ3n) is 0.695. The van der Waals surface area contributed by atoms with Crippen molar-refractivity contribution < 1.29 is 26.4 Å². The molecule has 9 heavy (non-hydrogen) atoms. The van der Waals surface area contributed by atoms with Gasteiger partial charge in [0.25, 0.3) is 0 Å². The van der Waals surface area contributed by atoms with E-state index in [1.165, 1.54) is 0 Å². The van der Waals surface area contributed by atoms with E-state index in [1.54, 1.807) is 0 Å². The average Bonchev–Trinajstić information content (AvgIpc) is 1.66. The van der Waals surface area contributed by atoms with Crippen molar-refractivity contribution in [2.45, 2.75) is 19.8 Å². The molecule has 0 rings (SSSR count). The van der Waals surface area contributed by atoms with Gasteiger partial charge in [-0.15, -0.1) is 0 Å². The van der Waals surface area contributed by atoms with Crippen LogP contribution in [-0.4, -0.2) is 6.61 Å². The minimum Gasteiger partial charge on any atom is -0.344 e. The summed E-state index contributed by atoms with van der Waals surface area (Å²) in [7, 11) is 0. The van der Waals surface area contributed by atoms with Crippen molar-refractivity contribution in [1.82, 2.24) is 6.15 Å². The van der Waals surface area contributed by atoms with Gasteiger partial charge >= 0.3 is 52.8 Å². The predicted octanol–water partition coefficient (Wildman–Crippen LogP) is 1.19. The van der Waals surface area contributed by atoms with Crippen LogP contribution in [0.4, 0.5) is 0 Å². The molecule has 0 aromatic rings. The smallest absolute Gasteiger partial charge is 0.344 e. The van der Waals surface area contributed by atoms with Gasteiger partial charge in [0, 0.05) is 0 Å². The molecule has 0 saturated carbocycles. The summed E-state index contributed by atoms with van der Waals surface area (Å²) >= 11 is -3.26. The van der Waals surface area contributed by atoms with Gasteiger partial charge in [-0.2, -0.15) is 0 Å². The molecule has 0 spiro atoms. The van der Waals surface area contributed by atoms with Gasteiger partial charge in [0.2, 0.25) is 0 Å². The fourth-order valence-electron chi connectivity index (χ4n) is 0.283. The number of rotatable bonds is 4. The molecule has 0 aliphatic carbocycles. The first-order valence-corrected chi connectivity index (χ1v) is 4.25. The van der Waals surface area contributed by atoms with Crippen molar-refractivity contribution in [3.05, 3.63) is 0 Å². The summed E-state index contributed by atoms with van der Waals surface area (Å²) in [6.45, 7) is 2.35. The molecule has 0 unspecified atom stereocenters. The first-order chi connectivity index (χ1) is 3.77. The van der Waals surface area contributed by atoms with E-state index in [-0.39, 0.29) is 6.15 Å². The first-order valence-electron chi connectivity index (χ1n) is 2.54.